The molecular weight excluding hydrogens is 436 g/mol. The van der Waals surface area contributed by atoms with Crippen molar-refractivity contribution in [1.29, 1.82) is 0 Å². The predicted octanol–water partition coefficient (Wildman–Crippen LogP) is 3.90. The van der Waals surface area contributed by atoms with Crippen molar-refractivity contribution >= 4 is 32.5 Å². The molecule has 2 aromatic heterocycles. The van der Waals surface area contributed by atoms with E-state index >= 15 is 0 Å². The summed E-state index contributed by atoms with van der Waals surface area (Å²) in [6, 6.07) is 6.88. The lowest BCUT2D eigenvalue weighted by molar-refractivity contribution is 0.431. The highest BCUT2D eigenvalue weighted by molar-refractivity contribution is 7.90. The number of hydrogen-bond acceptors (Lipinski definition) is 6. The molecule has 5 rings (SSSR count). The van der Waals surface area contributed by atoms with Crippen molar-refractivity contribution in [3.63, 3.8) is 0 Å². The Morgan fingerprint density at radius 1 is 1.26 bits per heavy atom. The number of nitrogens with zero attached hydrogens (tertiary/aromatic N) is 2. The number of benzene rings is 1. The van der Waals surface area contributed by atoms with E-state index in [2.05, 4.69) is 9.97 Å². The van der Waals surface area contributed by atoms with Crippen molar-refractivity contribution < 1.29 is 13.2 Å². The Balaban J connectivity index is 1.50. The first-order chi connectivity index (χ1) is 14.7. The zero-order valence-corrected chi connectivity index (χ0v) is 19.0. The SMILES string of the molecule is CCc1[nH]c2nc(Oc3cccc(S(C)(=O)=O)c3)nc(CC3CC4C(N)C4C3)c2c1Cl. The van der Waals surface area contributed by atoms with Crippen LogP contribution in [0, 0.1) is 17.8 Å². The summed E-state index contributed by atoms with van der Waals surface area (Å²) in [5, 5.41) is 1.51. The normalized spacial score (nSPS) is 25.0. The molecule has 2 heterocycles. The maximum atomic E-state index is 11.9. The summed E-state index contributed by atoms with van der Waals surface area (Å²) in [5.41, 5.74) is 8.52. The van der Waals surface area contributed by atoms with E-state index in [9.17, 15) is 8.42 Å². The molecule has 2 saturated carbocycles. The van der Waals surface area contributed by atoms with E-state index in [-0.39, 0.29) is 10.9 Å². The molecule has 2 unspecified atom stereocenters. The average molecular weight is 461 g/mol. The molecule has 164 valence electrons. The van der Waals surface area contributed by atoms with Crippen molar-refractivity contribution in [3.8, 4) is 11.8 Å². The minimum atomic E-state index is -3.34. The minimum absolute atomic E-state index is 0.175. The van der Waals surface area contributed by atoms with E-state index in [1.807, 2.05) is 6.92 Å². The smallest absolute Gasteiger partial charge is 0.324 e. The van der Waals surface area contributed by atoms with Gasteiger partial charge in [-0.25, -0.2) is 8.42 Å². The van der Waals surface area contributed by atoms with Gasteiger partial charge in [0, 0.05) is 18.0 Å². The molecule has 0 saturated heterocycles. The summed E-state index contributed by atoms with van der Waals surface area (Å²) in [6.07, 6.45) is 4.94. The zero-order chi connectivity index (χ0) is 21.9. The summed E-state index contributed by atoms with van der Waals surface area (Å²) in [6.45, 7) is 2.03. The highest BCUT2D eigenvalue weighted by atomic mass is 35.5. The summed E-state index contributed by atoms with van der Waals surface area (Å²) in [5.74, 6) is 2.18. The standard InChI is InChI=1S/C22H25ClN4O3S/c1-3-16-19(23)18-17(9-11-7-14-15(8-11)20(14)24)26-22(27-21(18)25-16)30-12-5-4-6-13(10-12)31(2,28)29/h4-6,10-11,14-15,20H,3,7-9,24H2,1-2H3,(H,25,26,27). The van der Waals surface area contributed by atoms with Gasteiger partial charge in [0.05, 0.1) is 21.0 Å². The van der Waals surface area contributed by atoms with Crippen LogP contribution in [-0.4, -0.2) is 35.7 Å². The third-order valence-corrected chi connectivity index (χ3v) is 8.13. The van der Waals surface area contributed by atoms with E-state index in [1.165, 1.54) is 12.1 Å². The van der Waals surface area contributed by atoms with Gasteiger partial charge in [-0.1, -0.05) is 24.6 Å². The highest BCUT2D eigenvalue weighted by Gasteiger charge is 2.53. The van der Waals surface area contributed by atoms with Crippen molar-refractivity contribution in [2.24, 2.45) is 23.5 Å². The average Bonchev–Trinajstić information content (AvgIpc) is 3.05. The van der Waals surface area contributed by atoms with Gasteiger partial charge < -0.3 is 15.5 Å². The largest absolute Gasteiger partial charge is 0.424 e. The quantitative estimate of drug-likeness (QED) is 0.577. The van der Waals surface area contributed by atoms with Crippen LogP contribution in [0.4, 0.5) is 0 Å². The molecule has 7 nitrogen and oxygen atoms in total. The van der Waals surface area contributed by atoms with Gasteiger partial charge >= 0.3 is 6.01 Å². The molecule has 0 amide bonds. The van der Waals surface area contributed by atoms with Crippen molar-refractivity contribution in [3.05, 3.63) is 40.7 Å². The number of nitrogens with two attached hydrogens (primary N) is 1. The maximum Gasteiger partial charge on any atom is 0.324 e. The van der Waals surface area contributed by atoms with Crippen LogP contribution in [0.2, 0.25) is 5.02 Å². The third kappa shape index (κ3) is 3.81. The Labute approximate surface area is 186 Å². The van der Waals surface area contributed by atoms with E-state index in [4.69, 9.17) is 27.1 Å². The first-order valence-corrected chi connectivity index (χ1v) is 12.8. The van der Waals surface area contributed by atoms with Crippen molar-refractivity contribution in [2.45, 2.75) is 43.5 Å². The Morgan fingerprint density at radius 3 is 2.68 bits per heavy atom. The molecule has 0 bridgehead atoms. The van der Waals surface area contributed by atoms with Crippen molar-refractivity contribution in [1.82, 2.24) is 15.0 Å². The van der Waals surface area contributed by atoms with E-state index in [0.717, 1.165) is 48.7 Å². The molecule has 1 aromatic carbocycles. The molecule has 3 N–H and O–H groups in total. The van der Waals surface area contributed by atoms with Gasteiger partial charge in [0.15, 0.2) is 9.84 Å². The van der Waals surface area contributed by atoms with Crippen LogP contribution in [0.1, 0.15) is 31.2 Å². The van der Waals surface area contributed by atoms with Crippen LogP contribution < -0.4 is 10.5 Å². The number of halogens is 1. The second-order valence-corrected chi connectivity index (χ2v) is 11.1. The second kappa shape index (κ2) is 7.46. The van der Waals surface area contributed by atoms with Crippen LogP contribution in [-0.2, 0) is 22.7 Å². The summed E-state index contributed by atoms with van der Waals surface area (Å²) in [4.78, 5) is 12.7. The summed E-state index contributed by atoms with van der Waals surface area (Å²) >= 11 is 6.65. The number of aromatic amines is 1. The van der Waals surface area contributed by atoms with Crippen LogP contribution in [0.25, 0.3) is 11.0 Å². The van der Waals surface area contributed by atoms with Crippen LogP contribution in [0.5, 0.6) is 11.8 Å². The fraction of sp³-hybridized carbons (Fsp3) is 0.455. The lowest BCUT2D eigenvalue weighted by Crippen LogP contribution is -2.14. The minimum Gasteiger partial charge on any atom is -0.424 e. The van der Waals surface area contributed by atoms with E-state index in [0.29, 0.717) is 40.2 Å². The molecule has 2 aliphatic rings. The molecule has 0 aliphatic heterocycles. The number of sulfone groups is 1. The Hall–Kier alpha value is -2.16. The van der Waals surface area contributed by atoms with E-state index in [1.54, 1.807) is 12.1 Å². The fourth-order valence-corrected chi connectivity index (χ4v) is 5.95. The number of rotatable bonds is 6. The molecule has 2 fully saturated rings. The summed E-state index contributed by atoms with van der Waals surface area (Å²) < 4.78 is 29.6. The first kappa shape index (κ1) is 20.7. The Morgan fingerprint density at radius 2 is 2.00 bits per heavy atom. The monoisotopic (exact) mass is 460 g/mol. The van der Waals surface area contributed by atoms with E-state index < -0.39 is 9.84 Å². The molecule has 31 heavy (non-hydrogen) atoms. The molecule has 3 aromatic rings. The molecule has 0 spiro atoms. The second-order valence-electron chi connectivity index (χ2n) is 8.74. The summed E-state index contributed by atoms with van der Waals surface area (Å²) in [7, 11) is -3.34. The number of ether oxygens (including phenoxy) is 1. The molecular formula is C22H25ClN4O3S. The van der Waals surface area contributed by atoms with Crippen LogP contribution in [0.3, 0.4) is 0 Å². The lowest BCUT2D eigenvalue weighted by atomic mass is 9.95. The van der Waals surface area contributed by atoms with Crippen LogP contribution >= 0.6 is 11.6 Å². The molecule has 9 heteroatoms. The van der Waals surface area contributed by atoms with Gasteiger partial charge in [-0.2, -0.15) is 9.97 Å². The number of H-pyrrole nitrogens is 1. The molecule has 0 radical (unpaired) electrons. The number of fused-ring (bicyclic) bond motifs is 2. The molecule has 2 atom stereocenters. The van der Waals surface area contributed by atoms with Crippen molar-refractivity contribution in [2.75, 3.05) is 6.26 Å². The van der Waals surface area contributed by atoms with Crippen LogP contribution in [0.15, 0.2) is 29.2 Å². The van der Waals surface area contributed by atoms with Gasteiger partial charge in [0.2, 0.25) is 0 Å². The zero-order valence-electron chi connectivity index (χ0n) is 17.4. The predicted molar refractivity (Wildman–Crippen MR) is 119 cm³/mol. The van der Waals surface area contributed by atoms with Gasteiger partial charge in [0.25, 0.3) is 0 Å². The number of aryl methyl sites for hydroxylation is 1. The Kier molecular flexibility index (Phi) is 4.99. The number of nitrogens with one attached hydrogen (secondary N) is 1. The van der Waals surface area contributed by atoms with Gasteiger partial charge in [0.1, 0.15) is 11.4 Å². The number of hydrogen-bond donors (Lipinski definition) is 2. The maximum absolute atomic E-state index is 11.9. The van der Waals surface area contributed by atoms with Gasteiger partial charge in [-0.3, -0.25) is 0 Å². The van der Waals surface area contributed by atoms with Gasteiger partial charge in [-0.15, -0.1) is 0 Å². The fourth-order valence-electron chi connectivity index (χ4n) is 4.91. The lowest BCUT2D eigenvalue weighted by Gasteiger charge is -2.14. The highest BCUT2D eigenvalue weighted by Crippen LogP contribution is 2.54. The third-order valence-electron chi connectivity index (χ3n) is 6.60. The topological polar surface area (TPSA) is 111 Å². The van der Waals surface area contributed by atoms with Gasteiger partial charge in [-0.05, 0) is 61.6 Å². The Bertz CT molecular complexity index is 1260. The first-order valence-electron chi connectivity index (χ1n) is 10.5. The number of aromatic nitrogens is 3. The molecule has 2 aliphatic carbocycles.